The van der Waals surface area contributed by atoms with E-state index in [4.69, 9.17) is 9.15 Å². The van der Waals surface area contributed by atoms with Gasteiger partial charge in [0, 0.05) is 38.7 Å². The highest BCUT2D eigenvalue weighted by molar-refractivity contribution is 14.1. The Balaban J connectivity index is 1.18. The molecule has 2 heterocycles. The topological polar surface area (TPSA) is 71.8 Å². The van der Waals surface area contributed by atoms with E-state index in [0.29, 0.717) is 18.8 Å². The fourth-order valence-corrected chi connectivity index (χ4v) is 4.08. The van der Waals surface area contributed by atoms with E-state index in [0.717, 1.165) is 46.0 Å². The average Bonchev–Trinajstić information content (AvgIpc) is 3.22. The van der Waals surface area contributed by atoms with Gasteiger partial charge in [-0.2, -0.15) is 0 Å². The molecule has 4 rings (SSSR count). The third kappa shape index (κ3) is 5.20. The van der Waals surface area contributed by atoms with Crippen molar-refractivity contribution in [2.45, 2.75) is 12.8 Å². The monoisotopic (exact) mass is 518 g/mol. The number of nitrogens with one attached hydrogen (secondary N) is 1. The van der Waals surface area contributed by atoms with Crippen molar-refractivity contribution >= 4 is 51.1 Å². The van der Waals surface area contributed by atoms with Crippen molar-refractivity contribution in [3.8, 4) is 0 Å². The first-order valence-corrected chi connectivity index (χ1v) is 11.1. The molecule has 3 aromatic rings. The lowest BCUT2D eigenvalue weighted by atomic mass is 9.89. The predicted molar refractivity (Wildman–Crippen MR) is 124 cm³/mol. The number of carbonyl (C=O) groups is 2. The molecule has 0 radical (unpaired) electrons. The summed E-state index contributed by atoms with van der Waals surface area (Å²) in [7, 11) is 0. The molecule has 1 fully saturated rings. The van der Waals surface area contributed by atoms with Crippen LogP contribution < -0.4 is 5.32 Å². The maximum atomic E-state index is 12.7. The Bertz CT molecular complexity index is 1020. The van der Waals surface area contributed by atoms with Crippen molar-refractivity contribution < 1.29 is 18.7 Å². The molecule has 156 valence electrons. The first-order valence-electron chi connectivity index (χ1n) is 10.0. The number of ketones is 1. The molecule has 7 heteroatoms. The summed E-state index contributed by atoms with van der Waals surface area (Å²) in [6.45, 7) is 2.64. The zero-order chi connectivity index (χ0) is 20.9. The van der Waals surface area contributed by atoms with Crippen LogP contribution in [0.25, 0.3) is 11.0 Å². The Labute approximate surface area is 188 Å². The summed E-state index contributed by atoms with van der Waals surface area (Å²) < 4.78 is 11.8. The van der Waals surface area contributed by atoms with E-state index >= 15 is 0 Å². The number of benzene rings is 2. The molecular formula is C23H23IN2O4. The van der Waals surface area contributed by atoms with Crippen molar-refractivity contribution in [1.82, 2.24) is 4.90 Å². The predicted octanol–water partition coefficient (Wildman–Crippen LogP) is 5.18. The molecule has 1 N–H and O–H groups in total. The summed E-state index contributed by atoms with van der Waals surface area (Å²) in [5, 5.41) is 3.70. The molecular weight excluding hydrogens is 495 g/mol. The van der Waals surface area contributed by atoms with E-state index in [2.05, 4.69) is 32.8 Å². The van der Waals surface area contributed by atoms with E-state index in [1.807, 2.05) is 42.5 Å². The summed E-state index contributed by atoms with van der Waals surface area (Å²) >= 11 is 2.24. The second kappa shape index (κ2) is 9.61. The lowest BCUT2D eigenvalue weighted by Crippen LogP contribution is -2.38. The normalized spacial score (nSPS) is 15.2. The third-order valence-corrected chi connectivity index (χ3v) is 6.15. The number of halogens is 1. The highest BCUT2D eigenvalue weighted by Gasteiger charge is 2.25. The standard InChI is InChI=1S/C23H23IN2O4/c24-19-4-1-17(2-5-19)22(27)18-7-10-26(11-8-18)12-14-30-23(28)25-20-6-3-16-9-13-29-21(16)15-20/h1-6,9,13,15,18H,7-8,10-12,14H2,(H,25,28). The number of likely N-dealkylation sites (tertiary alicyclic amines) is 1. The minimum Gasteiger partial charge on any atom is -0.464 e. The van der Waals surface area contributed by atoms with Gasteiger partial charge in [-0.1, -0.05) is 12.1 Å². The SMILES string of the molecule is O=C(Nc1ccc2ccoc2c1)OCCN1CCC(C(=O)c2ccc(I)cc2)CC1. The Morgan fingerprint density at radius 3 is 2.63 bits per heavy atom. The number of furan rings is 1. The molecule has 1 aliphatic rings. The maximum Gasteiger partial charge on any atom is 0.411 e. The van der Waals surface area contributed by atoms with Crippen LogP contribution >= 0.6 is 22.6 Å². The van der Waals surface area contributed by atoms with Crippen molar-refractivity contribution in [2.75, 3.05) is 31.6 Å². The van der Waals surface area contributed by atoms with E-state index in [1.165, 1.54) is 0 Å². The second-order valence-corrected chi connectivity index (χ2v) is 8.67. The van der Waals surface area contributed by atoms with Gasteiger partial charge in [0.25, 0.3) is 0 Å². The van der Waals surface area contributed by atoms with Gasteiger partial charge in [0.1, 0.15) is 12.2 Å². The number of ether oxygens (including phenoxy) is 1. The number of amides is 1. The summed E-state index contributed by atoms with van der Waals surface area (Å²) in [5.74, 6) is 0.303. The quantitative estimate of drug-likeness (QED) is 0.360. The Kier molecular flexibility index (Phi) is 6.69. The molecule has 0 spiro atoms. The Morgan fingerprint density at radius 1 is 1.10 bits per heavy atom. The van der Waals surface area contributed by atoms with E-state index < -0.39 is 6.09 Å². The number of Topliss-reactive ketones (excluding diaryl/α,β-unsaturated/α-hetero) is 1. The van der Waals surface area contributed by atoms with Crippen LogP contribution in [0.5, 0.6) is 0 Å². The second-order valence-electron chi connectivity index (χ2n) is 7.42. The number of hydrogen-bond donors (Lipinski definition) is 1. The molecule has 6 nitrogen and oxygen atoms in total. The van der Waals surface area contributed by atoms with Crippen LogP contribution in [0.3, 0.4) is 0 Å². The molecule has 1 saturated heterocycles. The van der Waals surface area contributed by atoms with Crippen molar-refractivity contribution in [1.29, 1.82) is 0 Å². The largest absolute Gasteiger partial charge is 0.464 e. The average molecular weight is 518 g/mol. The van der Waals surface area contributed by atoms with Crippen molar-refractivity contribution in [3.05, 3.63) is 63.9 Å². The molecule has 0 bridgehead atoms. The molecule has 0 saturated carbocycles. The van der Waals surface area contributed by atoms with Crippen molar-refractivity contribution in [2.24, 2.45) is 5.92 Å². The van der Waals surface area contributed by atoms with Gasteiger partial charge >= 0.3 is 6.09 Å². The number of nitrogens with zero attached hydrogens (tertiary/aromatic N) is 1. The van der Waals surface area contributed by atoms with Crippen LogP contribution in [-0.4, -0.2) is 43.0 Å². The van der Waals surface area contributed by atoms with Gasteiger partial charge in [0.15, 0.2) is 5.78 Å². The molecule has 1 aliphatic heterocycles. The van der Waals surface area contributed by atoms with Crippen LogP contribution in [0.4, 0.5) is 10.5 Å². The highest BCUT2D eigenvalue weighted by atomic mass is 127. The number of piperidine rings is 1. The molecule has 0 unspecified atom stereocenters. The van der Waals surface area contributed by atoms with Gasteiger partial charge in [0.05, 0.1) is 6.26 Å². The van der Waals surface area contributed by atoms with Gasteiger partial charge in [0.2, 0.25) is 0 Å². The van der Waals surface area contributed by atoms with E-state index in [9.17, 15) is 9.59 Å². The van der Waals surface area contributed by atoms with Gasteiger partial charge in [-0.3, -0.25) is 15.0 Å². The van der Waals surface area contributed by atoms with Gasteiger partial charge in [-0.05, 0) is 78.9 Å². The Hall–Kier alpha value is -2.39. The third-order valence-electron chi connectivity index (χ3n) is 5.43. The highest BCUT2D eigenvalue weighted by Crippen LogP contribution is 2.23. The molecule has 0 atom stereocenters. The van der Waals surface area contributed by atoms with Crippen LogP contribution in [0.15, 0.2) is 59.2 Å². The van der Waals surface area contributed by atoms with Gasteiger partial charge in [-0.15, -0.1) is 0 Å². The Morgan fingerprint density at radius 2 is 1.87 bits per heavy atom. The van der Waals surface area contributed by atoms with Crippen LogP contribution in [0, 0.1) is 9.49 Å². The van der Waals surface area contributed by atoms with Gasteiger partial charge < -0.3 is 9.15 Å². The number of carbonyl (C=O) groups excluding carboxylic acids is 2. The number of fused-ring (bicyclic) bond motifs is 1. The zero-order valence-electron chi connectivity index (χ0n) is 16.5. The molecule has 30 heavy (non-hydrogen) atoms. The summed E-state index contributed by atoms with van der Waals surface area (Å²) in [4.78, 5) is 26.9. The lowest BCUT2D eigenvalue weighted by molar-refractivity contribution is 0.0813. The molecule has 2 aromatic carbocycles. The first kappa shape index (κ1) is 20.9. The fourth-order valence-electron chi connectivity index (χ4n) is 3.72. The summed E-state index contributed by atoms with van der Waals surface area (Å²) in [5.41, 5.74) is 2.15. The molecule has 1 aromatic heterocycles. The summed E-state index contributed by atoms with van der Waals surface area (Å²) in [6.07, 6.45) is 2.80. The number of rotatable bonds is 6. The van der Waals surface area contributed by atoms with Crippen LogP contribution in [0.2, 0.25) is 0 Å². The zero-order valence-corrected chi connectivity index (χ0v) is 18.6. The fraction of sp³-hybridized carbons (Fsp3) is 0.304. The van der Waals surface area contributed by atoms with E-state index in [1.54, 1.807) is 12.3 Å². The maximum absolute atomic E-state index is 12.7. The minimum absolute atomic E-state index is 0.0713. The van der Waals surface area contributed by atoms with Gasteiger partial charge in [-0.25, -0.2) is 4.79 Å². The number of hydrogen-bond acceptors (Lipinski definition) is 5. The lowest BCUT2D eigenvalue weighted by Gasteiger charge is -2.31. The molecule has 0 aliphatic carbocycles. The smallest absolute Gasteiger partial charge is 0.411 e. The van der Waals surface area contributed by atoms with E-state index in [-0.39, 0.29) is 11.7 Å². The van der Waals surface area contributed by atoms with Crippen LogP contribution in [-0.2, 0) is 4.74 Å². The first-order chi connectivity index (χ1) is 14.6. The number of anilines is 1. The van der Waals surface area contributed by atoms with Crippen LogP contribution in [0.1, 0.15) is 23.2 Å². The minimum atomic E-state index is -0.482. The molecule has 1 amide bonds. The summed E-state index contributed by atoms with van der Waals surface area (Å²) in [6, 6.07) is 15.1. The van der Waals surface area contributed by atoms with Crippen molar-refractivity contribution in [3.63, 3.8) is 0 Å².